The SMILES string of the molecule is CCCn1c(N2CCN(C)CC2)c(C=C2SC(=S)N(C3CCCCC3)C2=O)c(C)c(C#N)c1=O. The largest absolute Gasteiger partial charge is 0.355 e. The number of hydrogen-bond donors (Lipinski definition) is 0. The van der Waals surface area contributed by atoms with Gasteiger partial charge < -0.3 is 9.80 Å². The Bertz CT molecular complexity index is 1110. The summed E-state index contributed by atoms with van der Waals surface area (Å²) in [6.07, 6.45) is 8.11. The van der Waals surface area contributed by atoms with Crippen molar-refractivity contribution in [3.63, 3.8) is 0 Å². The fourth-order valence-corrected chi connectivity index (χ4v) is 6.58. The van der Waals surface area contributed by atoms with Gasteiger partial charge in [-0.3, -0.25) is 19.1 Å². The van der Waals surface area contributed by atoms with Gasteiger partial charge in [0.15, 0.2) is 0 Å². The lowest BCUT2D eigenvalue weighted by molar-refractivity contribution is -0.124. The van der Waals surface area contributed by atoms with Gasteiger partial charge in [-0.25, -0.2) is 0 Å². The molecule has 2 aliphatic heterocycles. The number of rotatable bonds is 5. The summed E-state index contributed by atoms with van der Waals surface area (Å²) in [5.74, 6) is 0.775. The molecule has 0 bridgehead atoms. The molecule has 4 rings (SSSR count). The fourth-order valence-electron chi connectivity index (χ4n) is 5.20. The molecular weight excluding hydrogens is 466 g/mol. The second kappa shape index (κ2) is 10.6. The van der Waals surface area contributed by atoms with Crippen molar-refractivity contribution < 1.29 is 4.79 Å². The predicted molar refractivity (Wildman–Crippen MR) is 142 cm³/mol. The van der Waals surface area contributed by atoms with Crippen LogP contribution in [0.25, 0.3) is 6.08 Å². The molecule has 2 saturated heterocycles. The number of hydrogen-bond acceptors (Lipinski definition) is 7. The number of piperazine rings is 1. The molecule has 9 heteroatoms. The lowest BCUT2D eigenvalue weighted by atomic mass is 9.94. The predicted octanol–water partition coefficient (Wildman–Crippen LogP) is 3.72. The molecule has 0 radical (unpaired) electrons. The monoisotopic (exact) mass is 499 g/mol. The Morgan fingerprint density at radius 3 is 2.44 bits per heavy atom. The van der Waals surface area contributed by atoms with Crippen LogP contribution >= 0.6 is 24.0 Å². The standard InChI is InChI=1S/C25H33N5O2S2/c1-4-10-29-22(28-13-11-27(3)12-14-28)19(17(2)20(16-26)23(29)31)15-21-24(32)30(25(33)34-21)18-8-6-5-7-9-18/h15,18H,4-14H2,1-3H3. The van der Waals surface area contributed by atoms with Crippen molar-refractivity contribution in [3.8, 4) is 6.07 Å². The quantitative estimate of drug-likeness (QED) is 0.452. The summed E-state index contributed by atoms with van der Waals surface area (Å²) >= 11 is 6.98. The normalized spacial score (nSPS) is 21.5. The van der Waals surface area contributed by atoms with Crippen molar-refractivity contribution in [2.24, 2.45) is 0 Å². The molecule has 1 aromatic rings. The van der Waals surface area contributed by atoms with E-state index in [9.17, 15) is 14.9 Å². The van der Waals surface area contributed by atoms with E-state index < -0.39 is 0 Å². The van der Waals surface area contributed by atoms with E-state index in [2.05, 4.69) is 22.9 Å². The molecule has 0 spiro atoms. The highest BCUT2D eigenvalue weighted by Crippen LogP contribution is 2.39. The van der Waals surface area contributed by atoms with Crippen LogP contribution in [-0.4, -0.2) is 63.9 Å². The Morgan fingerprint density at radius 1 is 1.15 bits per heavy atom. The molecule has 3 aliphatic rings. The first-order valence-electron chi connectivity index (χ1n) is 12.2. The van der Waals surface area contributed by atoms with Crippen molar-refractivity contribution in [1.82, 2.24) is 14.4 Å². The Morgan fingerprint density at radius 2 is 1.82 bits per heavy atom. The number of nitrogens with zero attached hydrogens (tertiary/aromatic N) is 5. The van der Waals surface area contributed by atoms with Gasteiger partial charge in [-0.1, -0.05) is 50.2 Å². The number of anilines is 1. The van der Waals surface area contributed by atoms with Crippen LogP contribution in [0.2, 0.25) is 0 Å². The average Bonchev–Trinajstić information content (AvgIpc) is 3.11. The average molecular weight is 500 g/mol. The molecule has 3 fully saturated rings. The number of pyridine rings is 1. The van der Waals surface area contributed by atoms with E-state index in [1.807, 2.05) is 24.8 Å². The molecule has 1 amide bonds. The van der Waals surface area contributed by atoms with Gasteiger partial charge in [0, 0.05) is 44.3 Å². The molecular formula is C25H33N5O2S2. The molecule has 0 atom stereocenters. The van der Waals surface area contributed by atoms with Crippen molar-refractivity contribution in [1.29, 1.82) is 5.26 Å². The third-order valence-corrected chi connectivity index (χ3v) is 8.47. The first-order valence-corrected chi connectivity index (χ1v) is 13.5. The minimum atomic E-state index is -0.248. The zero-order chi connectivity index (χ0) is 24.4. The van der Waals surface area contributed by atoms with Crippen LogP contribution in [0.5, 0.6) is 0 Å². The Kier molecular flexibility index (Phi) is 7.80. The van der Waals surface area contributed by atoms with Crippen molar-refractivity contribution >= 4 is 46.1 Å². The zero-order valence-electron chi connectivity index (χ0n) is 20.3. The van der Waals surface area contributed by atoms with Gasteiger partial charge in [0.1, 0.15) is 21.8 Å². The Hall–Kier alpha value is -2.15. The third kappa shape index (κ3) is 4.68. The summed E-state index contributed by atoms with van der Waals surface area (Å²) in [6.45, 7) is 7.73. The summed E-state index contributed by atoms with van der Waals surface area (Å²) < 4.78 is 2.36. The smallest absolute Gasteiger partial charge is 0.270 e. The molecule has 182 valence electrons. The number of carbonyl (C=O) groups excluding carboxylic acids is 1. The maximum Gasteiger partial charge on any atom is 0.270 e. The van der Waals surface area contributed by atoms with Crippen LogP contribution in [0.1, 0.15) is 62.1 Å². The molecule has 1 aromatic heterocycles. The van der Waals surface area contributed by atoms with Gasteiger partial charge in [0.2, 0.25) is 0 Å². The number of amides is 1. The van der Waals surface area contributed by atoms with Gasteiger partial charge in [-0.2, -0.15) is 5.26 Å². The maximum atomic E-state index is 13.5. The second-order valence-corrected chi connectivity index (χ2v) is 11.1. The number of aromatic nitrogens is 1. The van der Waals surface area contributed by atoms with Crippen LogP contribution in [-0.2, 0) is 11.3 Å². The third-order valence-electron chi connectivity index (χ3n) is 7.14. The summed E-state index contributed by atoms with van der Waals surface area (Å²) in [6, 6.07) is 2.30. The minimum Gasteiger partial charge on any atom is -0.355 e. The van der Waals surface area contributed by atoms with Crippen molar-refractivity contribution in [2.45, 2.75) is 65.0 Å². The molecule has 0 N–H and O–H groups in total. The van der Waals surface area contributed by atoms with Gasteiger partial charge >= 0.3 is 0 Å². The Labute approximate surface area is 211 Å². The van der Waals surface area contributed by atoms with Crippen LogP contribution in [0, 0.1) is 18.3 Å². The van der Waals surface area contributed by atoms with Crippen LogP contribution in [0.4, 0.5) is 5.82 Å². The first kappa shape index (κ1) is 25.0. The van der Waals surface area contributed by atoms with Crippen molar-refractivity contribution in [3.05, 3.63) is 31.9 Å². The zero-order valence-corrected chi connectivity index (χ0v) is 21.9. The molecule has 34 heavy (non-hydrogen) atoms. The van der Waals surface area contributed by atoms with Crippen LogP contribution in [0.15, 0.2) is 9.70 Å². The van der Waals surface area contributed by atoms with Crippen LogP contribution in [0.3, 0.4) is 0 Å². The van der Waals surface area contributed by atoms with Gasteiger partial charge in [0.05, 0.1) is 4.91 Å². The molecule has 0 aromatic carbocycles. The summed E-state index contributed by atoms with van der Waals surface area (Å²) in [7, 11) is 2.10. The molecule has 7 nitrogen and oxygen atoms in total. The van der Waals surface area contributed by atoms with Gasteiger partial charge in [0.25, 0.3) is 11.5 Å². The number of nitriles is 1. The summed E-state index contributed by atoms with van der Waals surface area (Å²) in [4.78, 5) is 33.7. The molecule has 1 saturated carbocycles. The number of likely N-dealkylation sites (N-methyl/N-ethyl adjacent to an activating group) is 1. The molecule has 1 aliphatic carbocycles. The fraction of sp³-hybridized carbons (Fsp3) is 0.600. The number of thiocarbonyl (C=S) groups is 1. The minimum absolute atomic E-state index is 0.0441. The van der Waals surface area contributed by atoms with Crippen molar-refractivity contribution in [2.75, 3.05) is 38.1 Å². The summed E-state index contributed by atoms with van der Waals surface area (Å²) in [5.41, 5.74) is 1.33. The highest BCUT2D eigenvalue weighted by molar-refractivity contribution is 8.26. The highest BCUT2D eigenvalue weighted by atomic mass is 32.2. The number of carbonyl (C=O) groups is 1. The first-order chi connectivity index (χ1) is 16.4. The van der Waals surface area contributed by atoms with E-state index in [4.69, 9.17) is 12.2 Å². The van der Waals surface area contributed by atoms with E-state index in [1.54, 1.807) is 4.57 Å². The highest BCUT2D eigenvalue weighted by Gasteiger charge is 2.38. The van der Waals surface area contributed by atoms with Gasteiger partial charge in [-0.15, -0.1) is 0 Å². The lowest BCUT2D eigenvalue weighted by Gasteiger charge is -2.36. The Balaban J connectivity index is 1.83. The van der Waals surface area contributed by atoms with Gasteiger partial charge in [-0.05, 0) is 44.9 Å². The van der Waals surface area contributed by atoms with E-state index >= 15 is 0 Å². The number of thioether (sulfide) groups is 1. The molecule has 0 unspecified atom stereocenters. The second-order valence-electron chi connectivity index (χ2n) is 9.44. The van der Waals surface area contributed by atoms with E-state index in [0.29, 0.717) is 21.3 Å². The lowest BCUT2D eigenvalue weighted by Crippen LogP contribution is -2.47. The topological polar surface area (TPSA) is 72.6 Å². The van der Waals surface area contributed by atoms with E-state index in [-0.39, 0.29) is 23.1 Å². The molecule has 3 heterocycles. The van der Waals surface area contributed by atoms with E-state index in [0.717, 1.165) is 69.7 Å². The van der Waals surface area contributed by atoms with Crippen LogP contribution < -0.4 is 10.5 Å². The summed E-state index contributed by atoms with van der Waals surface area (Å²) in [5, 5.41) is 9.81. The maximum absolute atomic E-state index is 13.5. The van der Waals surface area contributed by atoms with E-state index in [1.165, 1.54) is 18.2 Å².